The molecule has 1 aliphatic rings. The second kappa shape index (κ2) is 5.32. The maximum atomic E-state index is 4.70. The Kier molecular flexibility index (Phi) is 3.53. The van der Waals surface area contributed by atoms with Crippen LogP contribution in [-0.4, -0.2) is 31.2 Å². The molecule has 2 aromatic rings. The molecular formula is C15H21N5. The number of hydrogen-bond donors (Lipinski definition) is 0. The van der Waals surface area contributed by atoms with E-state index in [1.54, 1.807) is 0 Å². The highest BCUT2D eigenvalue weighted by atomic mass is 15.3. The first-order valence-electron chi connectivity index (χ1n) is 7.17. The van der Waals surface area contributed by atoms with Crippen LogP contribution in [0.25, 0.3) is 0 Å². The second-order valence-corrected chi connectivity index (χ2v) is 5.80. The van der Waals surface area contributed by atoms with Crippen molar-refractivity contribution < 1.29 is 0 Å². The summed E-state index contributed by atoms with van der Waals surface area (Å²) in [5.74, 6) is 1.36. The van der Waals surface area contributed by atoms with Crippen LogP contribution in [-0.2, 0) is 26.6 Å². The molecule has 0 aromatic carbocycles. The third-order valence-electron chi connectivity index (χ3n) is 3.70. The van der Waals surface area contributed by atoms with Crippen molar-refractivity contribution in [3.8, 4) is 0 Å². The van der Waals surface area contributed by atoms with Gasteiger partial charge >= 0.3 is 0 Å². The molecule has 0 amide bonds. The van der Waals surface area contributed by atoms with E-state index in [0.29, 0.717) is 5.92 Å². The first kappa shape index (κ1) is 13.2. The van der Waals surface area contributed by atoms with Crippen molar-refractivity contribution >= 4 is 0 Å². The molecule has 0 aliphatic carbocycles. The summed E-state index contributed by atoms with van der Waals surface area (Å²) in [7, 11) is 1.95. The van der Waals surface area contributed by atoms with Gasteiger partial charge in [-0.3, -0.25) is 9.58 Å². The molecule has 0 radical (unpaired) electrons. The standard InChI is InChI=1S/C15H21N5/c1-11(2)15-16-8-12-9-20(7-5-14(12)17-15)10-13-4-6-19(3)18-13/h4,6,8,11H,5,7,9-10H2,1-3H3. The highest BCUT2D eigenvalue weighted by molar-refractivity contribution is 5.21. The number of aromatic nitrogens is 4. The molecule has 3 rings (SSSR count). The second-order valence-electron chi connectivity index (χ2n) is 5.80. The molecule has 106 valence electrons. The largest absolute Gasteiger partial charge is 0.293 e. The van der Waals surface area contributed by atoms with Crippen molar-refractivity contribution in [3.63, 3.8) is 0 Å². The maximum absolute atomic E-state index is 4.70. The van der Waals surface area contributed by atoms with Crippen molar-refractivity contribution in [1.82, 2.24) is 24.6 Å². The van der Waals surface area contributed by atoms with Gasteiger partial charge in [0, 0.05) is 62.7 Å². The van der Waals surface area contributed by atoms with Crippen LogP contribution in [0.5, 0.6) is 0 Å². The minimum absolute atomic E-state index is 0.395. The lowest BCUT2D eigenvalue weighted by atomic mass is 10.1. The fourth-order valence-electron chi connectivity index (χ4n) is 2.58. The Labute approximate surface area is 119 Å². The molecule has 0 atom stereocenters. The molecule has 20 heavy (non-hydrogen) atoms. The zero-order chi connectivity index (χ0) is 14.1. The Hall–Kier alpha value is -1.75. The van der Waals surface area contributed by atoms with E-state index in [1.807, 2.05) is 24.1 Å². The molecule has 0 spiro atoms. The Morgan fingerprint density at radius 2 is 2.20 bits per heavy atom. The summed E-state index contributed by atoms with van der Waals surface area (Å²) in [6.07, 6.45) is 5.00. The van der Waals surface area contributed by atoms with Crippen LogP contribution < -0.4 is 0 Å². The highest BCUT2D eigenvalue weighted by Crippen LogP contribution is 2.20. The van der Waals surface area contributed by atoms with E-state index in [-0.39, 0.29) is 0 Å². The topological polar surface area (TPSA) is 46.8 Å². The van der Waals surface area contributed by atoms with E-state index in [4.69, 9.17) is 4.98 Å². The van der Waals surface area contributed by atoms with Crippen LogP contribution in [0.15, 0.2) is 18.5 Å². The van der Waals surface area contributed by atoms with Crippen molar-refractivity contribution in [2.45, 2.75) is 39.3 Å². The van der Waals surface area contributed by atoms with Gasteiger partial charge in [-0.05, 0) is 6.07 Å². The SMILES string of the molecule is CC(C)c1ncc2c(n1)CCN(Cc1ccn(C)n1)C2. The minimum atomic E-state index is 0.395. The molecule has 0 bridgehead atoms. The third-order valence-corrected chi connectivity index (χ3v) is 3.70. The summed E-state index contributed by atoms with van der Waals surface area (Å²) >= 11 is 0. The number of rotatable bonds is 3. The average molecular weight is 271 g/mol. The lowest BCUT2D eigenvalue weighted by Gasteiger charge is -2.27. The molecule has 0 saturated carbocycles. The van der Waals surface area contributed by atoms with Gasteiger partial charge in [-0.2, -0.15) is 5.10 Å². The summed E-state index contributed by atoms with van der Waals surface area (Å²) in [5, 5.41) is 4.44. The lowest BCUT2D eigenvalue weighted by molar-refractivity contribution is 0.239. The molecule has 1 aliphatic heterocycles. The molecule has 5 nitrogen and oxygen atoms in total. The van der Waals surface area contributed by atoms with Crippen molar-refractivity contribution in [1.29, 1.82) is 0 Å². The van der Waals surface area contributed by atoms with Crippen LogP contribution in [0, 0.1) is 0 Å². The molecular weight excluding hydrogens is 250 g/mol. The monoisotopic (exact) mass is 271 g/mol. The summed E-state index contributed by atoms with van der Waals surface area (Å²) in [4.78, 5) is 11.6. The third kappa shape index (κ3) is 2.72. The number of hydrogen-bond acceptors (Lipinski definition) is 4. The van der Waals surface area contributed by atoms with E-state index >= 15 is 0 Å². The predicted octanol–water partition coefficient (Wildman–Crippen LogP) is 1.89. The maximum Gasteiger partial charge on any atom is 0.131 e. The normalized spacial score (nSPS) is 15.6. The van der Waals surface area contributed by atoms with Crippen LogP contribution >= 0.6 is 0 Å². The summed E-state index contributed by atoms with van der Waals surface area (Å²) in [6, 6.07) is 2.08. The fraction of sp³-hybridized carbons (Fsp3) is 0.533. The first-order chi connectivity index (χ1) is 9.61. The van der Waals surface area contributed by atoms with Gasteiger partial charge in [-0.15, -0.1) is 0 Å². The number of nitrogens with zero attached hydrogens (tertiary/aromatic N) is 5. The van der Waals surface area contributed by atoms with Crippen LogP contribution in [0.4, 0.5) is 0 Å². The molecule has 5 heteroatoms. The average Bonchev–Trinajstić information content (AvgIpc) is 2.83. The first-order valence-corrected chi connectivity index (χ1v) is 7.17. The molecule has 0 N–H and O–H groups in total. The number of fused-ring (bicyclic) bond motifs is 1. The van der Waals surface area contributed by atoms with Gasteiger partial charge in [0.05, 0.1) is 5.69 Å². The van der Waals surface area contributed by atoms with Crippen molar-refractivity contribution in [3.05, 3.63) is 41.2 Å². The fourth-order valence-corrected chi connectivity index (χ4v) is 2.58. The smallest absolute Gasteiger partial charge is 0.131 e. The zero-order valence-electron chi connectivity index (χ0n) is 12.4. The predicted molar refractivity (Wildman–Crippen MR) is 77.1 cm³/mol. The Morgan fingerprint density at radius 1 is 1.35 bits per heavy atom. The quantitative estimate of drug-likeness (QED) is 0.855. The van der Waals surface area contributed by atoms with E-state index in [2.05, 4.69) is 34.9 Å². The van der Waals surface area contributed by atoms with Crippen LogP contribution in [0.1, 0.15) is 42.5 Å². The van der Waals surface area contributed by atoms with E-state index in [0.717, 1.165) is 37.6 Å². The molecule has 0 saturated heterocycles. The minimum Gasteiger partial charge on any atom is -0.293 e. The van der Waals surface area contributed by atoms with Gasteiger partial charge in [-0.25, -0.2) is 9.97 Å². The van der Waals surface area contributed by atoms with Gasteiger partial charge < -0.3 is 0 Å². The van der Waals surface area contributed by atoms with E-state index < -0.39 is 0 Å². The van der Waals surface area contributed by atoms with Crippen LogP contribution in [0.3, 0.4) is 0 Å². The van der Waals surface area contributed by atoms with E-state index in [1.165, 1.54) is 11.3 Å². The Balaban J connectivity index is 1.72. The van der Waals surface area contributed by atoms with Crippen LogP contribution in [0.2, 0.25) is 0 Å². The Morgan fingerprint density at radius 3 is 2.90 bits per heavy atom. The number of aryl methyl sites for hydroxylation is 1. The van der Waals surface area contributed by atoms with Gasteiger partial charge in [-0.1, -0.05) is 13.8 Å². The Bertz CT molecular complexity index is 602. The summed E-state index contributed by atoms with van der Waals surface area (Å²) in [6.45, 7) is 7.13. The molecule has 2 aromatic heterocycles. The summed E-state index contributed by atoms with van der Waals surface area (Å²) in [5.41, 5.74) is 3.60. The van der Waals surface area contributed by atoms with Gasteiger partial charge in [0.1, 0.15) is 5.82 Å². The van der Waals surface area contributed by atoms with Gasteiger partial charge in [0.25, 0.3) is 0 Å². The van der Waals surface area contributed by atoms with Crippen molar-refractivity contribution in [2.24, 2.45) is 7.05 Å². The van der Waals surface area contributed by atoms with Gasteiger partial charge in [0.2, 0.25) is 0 Å². The molecule has 0 unspecified atom stereocenters. The van der Waals surface area contributed by atoms with E-state index in [9.17, 15) is 0 Å². The lowest BCUT2D eigenvalue weighted by Crippen LogP contribution is -2.31. The molecule has 0 fully saturated rings. The summed E-state index contributed by atoms with van der Waals surface area (Å²) < 4.78 is 1.85. The van der Waals surface area contributed by atoms with Crippen molar-refractivity contribution in [2.75, 3.05) is 6.54 Å². The molecule has 3 heterocycles. The highest BCUT2D eigenvalue weighted by Gasteiger charge is 2.19. The van der Waals surface area contributed by atoms with Gasteiger partial charge in [0.15, 0.2) is 0 Å². The zero-order valence-corrected chi connectivity index (χ0v) is 12.4.